The molecule has 4 heteroatoms. The monoisotopic (exact) mass is 250 g/mol. The highest BCUT2D eigenvalue weighted by Gasteiger charge is 2.16. The van der Waals surface area contributed by atoms with Gasteiger partial charge in [0.1, 0.15) is 5.82 Å². The van der Waals surface area contributed by atoms with Gasteiger partial charge in [0.05, 0.1) is 12.3 Å². The van der Waals surface area contributed by atoms with Crippen molar-refractivity contribution in [3.63, 3.8) is 0 Å². The molecule has 0 bridgehead atoms. The van der Waals surface area contributed by atoms with Crippen molar-refractivity contribution in [2.75, 3.05) is 7.11 Å². The average molecular weight is 250 g/mol. The van der Waals surface area contributed by atoms with Crippen molar-refractivity contribution in [3.05, 3.63) is 27.9 Å². The Kier molecular flexibility index (Phi) is 4.93. The van der Waals surface area contributed by atoms with Crippen LogP contribution in [0.1, 0.15) is 62.4 Å². The molecule has 0 saturated heterocycles. The van der Waals surface area contributed by atoms with E-state index in [1.165, 1.54) is 38.2 Å². The molecule has 1 heterocycles. The summed E-state index contributed by atoms with van der Waals surface area (Å²) in [6.45, 7) is 0.406. The van der Waals surface area contributed by atoms with Crippen LogP contribution in [-0.4, -0.2) is 17.1 Å². The van der Waals surface area contributed by atoms with E-state index in [4.69, 9.17) is 4.74 Å². The summed E-state index contributed by atoms with van der Waals surface area (Å²) in [4.78, 5) is 19.1. The van der Waals surface area contributed by atoms with E-state index in [1.54, 1.807) is 7.11 Å². The van der Waals surface area contributed by atoms with Crippen molar-refractivity contribution in [1.29, 1.82) is 0 Å². The number of nitrogens with one attached hydrogen (secondary N) is 1. The van der Waals surface area contributed by atoms with Gasteiger partial charge in [0.15, 0.2) is 0 Å². The molecule has 4 nitrogen and oxygen atoms in total. The fourth-order valence-electron chi connectivity index (χ4n) is 2.67. The van der Waals surface area contributed by atoms with E-state index in [0.717, 1.165) is 24.4 Å². The van der Waals surface area contributed by atoms with Gasteiger partial charge in [0.2, 0.25) is 0 Å². The van der Waals surface area contributed by atoms with Gasteiger partial charge >= 0.3 is 0 Å². The van der Waals surface area contributed by atoms with E-state index in [0.29, 0.717) is 12.5 Å². The van der Waals surface area contributed by atoms with Gasteiger partial charge in [0, 0.05) is 19.1 Å². The molecule has 1 saturated carbocycles. The lowest BCUT2D eigenvalue weighted by molar-refractivity contribution is 0.181. The number of aromatic nitrogens is 2. The quantitative estimate of drug-likeness (QED) is 0.897. The summed E-state index contributed by atoms with van der Waals surface area (Å²) in [5, 5.41) is 0. The fraction of sp³-hybridized carbons (Fsp3) is 0.714. The molecule has 1 fully saturated rings. The standard InChI is InChI=1S/C14H22N2O2/c1-18-10-12-9-13(17)16-14(15-12)11-7-5-3-2-4-6-8-11/h9,11H,2-8,10H2,1H3,(H,15,16,17). The topological polar surface area (TPSA) is 55.0 Å². The number of nitrogens with zero attached hydrogens (tertiary/aromatic N) is 1. The summed E-state index contributed by atoms with van der Waals surface area (Å²) in [6.07, 6.45) is 8.71. The number of ether oxygens (including phenoxy) is 1. The maximum Gasteiger partial charge on any atom is 0.251 e. The van der Waals surface area contributed by atoms with Gasteiger partial charge in [-0.25, -0.2) is 4.98 Å². The van der Waals surface area contributed by atoms with Gasteiger partial charge in [0.25, 0.3) is 5.56 Å². The van der Waals surface area contributed by atoms with Crippen molar-refractivity contribution in [2.24, 2.45) is 0 Å². The van der Waals surface area contributed by atoms with E-state index < -0.39 is 0 Å². The van der Waals surface area contributed by atoms with E-state index >= 15 is 0 Å². The molecule has 0 aromatic carbocycles. The zero-order valence-electron chi connectivity index (χ0n) is 11.1. The fourth-order valence-corrected chi connectivity index (χ4v) is 2.67. The summed E-state index contributed by atoms with van der Waals surface area (Å²) in [5.41, 5.74) is 0.674. The maximum atomic E-state index is 11.6. The Morgan fingerprint density at radius 3 is 2.61 bits per heavy atom. The SMILES string of the molecule is COCc1cc(=O)[nH]c(C2CCCCCCC2)n1. The molecular weight excluding hydrogens is 228 g/mol. The third kappa shape index (κ3) is 3.67. The minimum absolute atomic E-state index is 0.0610. The number of aromatic amines is 1. The molecule has 0 radical (unpaired) electrons. The summed E-state index contributed by atoms with van der Waals surface area (Å²) >= 11 is 0. The Balaban J connectivity index is 2.16. The van der Waals surface area contributed by atoms with Gasteiger partial charge in [-0.2, -0.15) is 0 Å². The average Bonchev–Trinajstić information content (AvgIpc) is 2.27. The van der Waals surface area contributed by atoms with Crippen molar-refractivity contribution >= 4 is 0 Å². The van der Waals surface area contributed by atoms with Crippen LogP contribution in [-0.2, 0) is 11.3 Å². The summed E-state index contributed by atoms with van der Waals surface area (Å²) < 4.78 is 5.05. The highest BCUT2D eigenvalue weighted by Crippen LogP contribution is 2.28. The lowest BCUT2D eigenvalue weighted by atomic mass is 9.90. The van der Waals surface area contributed by atoms with E-state index in [-0.39, 0.29) is 5.56 Å². The Morgan fingerprint density at radius 2 is 1.94 bits per heavy atom. The van der Waals surface area contributed by atoms with Crippen LogP contribution in [0.25, 0.3) is 0 Å². The molecule has 1 N–H and O–H groups in total. The lowest BCUT2D eigenvalue weighted by Gasteiger charge is -2.19. The van der Waals surface area contributed by atoms with Crippen LogP contribution in [0.4, 0.5) is 0 Å². The Labute approximate surface area is 108 Å². The predicted molar refractivity (Wildman–Crippen MR) is 70.6 cm³/mol. The lowest BCUT2D eigenvalue weighted by Crippen LogP contribution is -2.17. The molecule has 1 aliphatic carbocycles. The first-order valence-corrected chi connectivity index (χ1v) is 6.88. The van der Waals surface area contributed by atoms with Crippen LogP contribution >= 0.6 is 0 Å². The zero-order chi connectivity index (χ0) is 12.8. The van der Waals surface area contributed by atoms with Crippen molar-refractivity contribution in [2.45, 2.75) is 57.5 Å². The van der Waals surface area contributed by atoms with E-state index in [1.807, 2.05) is 0 Å². The molecule has 0 aliphatic heterocycles. The molecule has 18 heavy (non-hydrogen) atoms. The van der Waals surface area contributed by atoms with Crippen LogP contribution in [0.15, 0.2) is 10.9 Å². The highest BCUT2D eigenvalue weighted by atomic mass is 16.5. The van der Waals surface area contributed by atoms with Gasteiger partial charge in [-0.3, -0.25) is 4.79 Å². The van der Waals surface area contributed by atoms with Crippen molar-refractivity contribution < 1.29 is 4.74 Å². The number of H-pyrrole nitrogens is 1. The normalized spacial score (nSPS) is 18.3. The molecule has 0 spiro atoms. The van der Waals surface area contributed by atoms with E-state index in [2.05, 4.69) is 9.97 Å². The largest absolute Gasteiger partial charge is 0.378 e. The molecule has 1 aliphatic rings. The predicted octanol–water partition coefficient (Wildman–Crippen LogP) is 2.74. The first-order valence-electron chi connectivity index (χ1n) is 6.88. The zero-order valence-corrected chi connectivity index (χ0v) is 11.1. The third-order valence-electron chi connectivity index (χ3n) is 3.60. The Bertz CT molecular complexity index is 420. The summed E-state index contributed by atoms with van der Waals surface area (Å²) in [5.74, 6) is 1.27. The van der Waals surface area contributed by atoms with Crippen LogP contribution in [0.3, 0.4) is 0 Å². The first-order chi connectivity index (χ1) is 8.79. The van der Waals surface area contributed by atoms with Crippen LogP contribution in [0, 0.1) is 0 Å². The summed E-state index contributed by atoms with van der Waals surface area (Å²) in [6, 6.07) is 1.52. The molecular formula is C14H22N2O2. The van der Waals surface area contributed by atoms with Gasteiger partial charge in [-0.1, -0.05) is 32.1 Å². The molecule has 0 atom stereocenters. The smallest absolute Gasteiger partial charge is 0.251 e. The van der Waals surface area contributed by atoms with Crippen LogP contribution < -0.4 is 5.56 Å². The van der Waals surface area contributed by atoms with Crippen molar-refractivity contribution in [3.8, 4) is 0 Å². The number of hydrogen-bond donors (Lipinski definition) is 1. The Morgan fingerprint density at radius 1 is 1.28 bits per heavy atom. The number of rotatable bonds is 3. The highest BCUT2D eigenvalue weighted by molar-refractivity contribution is 5.05. The second kappa shape index (κ2) is 6.69. The first kappa shape index (κ1) is 13.3. The summed E-state index contributed by atoms with van der Waals surface area (Å²) in [7, 11) is 1.62. The van der Waals surface area contributed by atoms with E-state index in [9.17, 15) is 4.79 Å². The van der Waals surface area contributed by atoms with Crippen LogP contribution in [0.2, 0.25) is 0 Å². The maximum absolute atomic E-state index is 11.6. The van der Waals surface area contributed by atoms with Crippen LogP contribution in [0.5, 0.6) is 0 Å². The van der Waals surface area contributed by atoms with Crippen molar-refractivity contribution in [1.82, 2.24) is 9.97 Å². The van der Waals surface area contributed by atoms with Gasteiger partial charge < -0.3 is 9.72 Å². The molecule has 0 unspecified atom stereocenters. The second-order valence-electron chi connectivity index (χ2n) is 5.10. The molecule has 1 aromatic rings. The molecule has 1 aromatic heterocycles. The minimum atomic E-state index is -0.0610. The molecule has 2 rings (SSSR count). The molecule has 100 valence electrons. The number of methoxy groups -OCH3 is 1. The number of hydrogen-bond acceptors (Lipinski definition) is 3. The molecule has 0 amide bonds. The Hall–Kier alpha value is -1.16. The minimum Gasteiger partial charge on any atom is -0.378 e. The third-order valence-corrected chi connectivity index (χ3v) is 3.60. The van der Waals surface area contributed by atoms with Gasteiger partial charge in [-0.05, 0) is 12.8 Å². The second-order valence-corrected chi connectivity index (χ2v) is 5.10. The van der Waals surface area contributed by atoms with Gasteiger partial charge in [-0.15, -0.1) is 0 Å².